The number of phenols is 1. The minimum absolute atomic E-state index is 0.120. The van der Waals surface area contributed by atoms with E-state index < -0.39 is 18.8 Å². The van der Waals surface area contributed by atoms with E-state index in [2.05, 4.69) is 22.5 Å². The number of aromatic hydroxyl groups is 1. The van der Waals surface area contributed by atoms with E-state index >= 15 is 0 Å². The number of benzene rings is 1. The zero-order chi connectivity index (χ0) is 14.9. The molecule has 0 spiro atoms. The SMILES string of the molecule is C=C1C(Br)=CC=C(c2c(O)cccc2F)N1CC(F)F. The summed E-state index contributed by atoms with van der Waals surface area (Å²) in [5.74, 6) is -0.996. The summed E-state index contributed by atoms with van der Waals surface area (Å²) in [4.78, 5) is 1.17. The number of nitrogens with zero attached hydrogens (tertiary/aromatic N) is 1. The number of hydrogen-bond acceptors (Lipinski definition) is 2. The van der Waals surface area contributed by atoms with Crippen molar-refractivity contribution < 1.29 is 18.3 Å². The summed E-state index contributed by atoms with van der Waals surface area (Å²) in [6.07, 6.45) is 0.410. The molecule has 1 heterocycles. The van der Waals surface area contributed by atoms with E-state index in [9.17, 15) is 18.3 Å². The van der Waals surface area contributed by atoms with Crippen LogP contribution in [0, 0.1) is 5.82 Å². The molecule has 0 radical (unpaired) electrons. The maximum atomic E-state index is 13.9. The van der Waals surface area contributed by atoms with Crippen molar-refractivity contribution in [3.63, 3.8) is 0 Å². The first kappa shape index (κ1) is 14.7. The summed E-state index contributed by atoms with van der Waals surface area (Å²) in [6, 6.07) is 3.80. The van der Waals surface area contributed by atoms with Gasteiger partial charge in [-0.2, -0.15) is 0 Å². The minimum atomic E-state index is -2.62. The van der Waals surface area contributed by atoms with Crippen LogP contribution in [-0.2, 0) is 0 Å². The van der Waals surface area contributed by atoms with Crippen molar-refractivity contribution in [1.82, 2.24) is 4.90 Å². The Hall–Kier alpha value is -1.69. The average molecular weight is 346 g/mol. The van der Waals surface area contributed by atoms with Crippen LogP contribution in [0.25, 0.3) is 5.70 Å². The predicted molar refractivity (Wildman–Crippen MR) is 74.9 cm³/mol. The zero-order valence-electron chi connectivity index (χ0n) is 10.3. The van der Waals surface area contributed by atoms with Crippen LogP contribution >= 0.6 is 15.9 Å². The summed E-state index contributed by atoms with van der Waals surface area (Å²) in [5.41, 5.74) is 0.310. The molecule has 106 valence electrons. The Kier molecular flexibility index (Phi) is 4.23. The molecule has 1 aromatic rings. The molecular formula is C14H11BrF3NO. The molecule has 0 aliphatic carbocycles. The lowest BCUT2D eigenvalue weighted by atomic mass is 10.0. The molecule has 0 unspecified atom stereocenters. The topological polar surface area (TPSA) is 23.5 Å². The fourth-order valence-corrected chi connectivity index (χ4v) is 2.29. The Morgan fingerprint density at radius 2 is 2.00 bits per heavy atom. The van der Waals surface area contributed by atoms with Gasteiger partial charge in [0.05, 0.1) is 17.8 Å². The molecule has 1 aromatic carbocycles. The van der Waals surface area contributed by atoms with E-state index in [4.69, 9.17) is 0 Å². The van der Waals surface area contributed by atoms with Gasteiger partial charge >= 0.3 is 0 Å². The summed E-state index contributed by atoms with van der Waals surface area (Å²) in [7, 11) is 0. The summed E-state index contributed by atoms with van der Waals surface area (Å²) >= 11 is 3.20. The number of hydrogen-bond donors (Lipinski definition) is 1. The number of rotatable bonds is 3. The maximum Gasteiger partial charge on any atom is 0.256 e. The van der Waals surface area contributed by atoms with Gasteiger partial charge in [0.15, 0.2) is 0 Å². The van der Waals surface area contributed by atoms with Gasteiger partial charge in [0.1, 0.15) is 11.6 Å². The average Bonchev–Trinajstić information content (AvgIpc) is 2.37. The van der Waals surface area contributed by atoms with Crippen LogP contribution in [0.1, 0.15) is 5.56 Å². The Labute approximate surface area is 122 Å². The molecule has 0 bridgehead atoms. The van der Waals surface area contributed by atoms with Gasteiger partial charge in [0.25, 0.3) is 6.43 Å². The van der Waals surface area contributed by atoms with E-state index in [1.54, 1.807) is 6.08 Å². The third-order valence-electron chi connectivity index (χ3n) is 2.85. The van der Waals surface area contributed by atoms with Gasteiger partial charge in [-0.05, 0) is 40.2 Å². The molecule has 0 saturated heterocycles. The van der Waals surface area contributed by atoms with E-state index in [1.807, 2.05) is 0 Å². The van der Waals surface area contributed by atoms with Gasteiger partial charge in [-0.3, -0.25) is 0 Å². The second kappa shape index (κ2) is 5.75. The maximum absolute atomic E-state index is 13.9. The number of halogens is 4. The normalized spacial score (nSPS) is 15.4. The van der Waals surface area contributed by atoms with E-state index in [0.717, 1.165) is 6.07 Å². The highest BCUT2D eigenvalue weighted by Crippen LogP contribution is 2.38. The van der Waals surface area contributed by atoms with Gasteiger partial charge in [-0.15, -0.1) is 0 Å². The number of allylic oxidation sites excluding steroid dienone is 3. The Balaban J connectivity index is 2.54. The second-order valence-corrected chi connectivity index (χ2v) is 5.00. The highest BCUT2D eigenvalue weighted by Gasteiger charge is 2.26. The van der Waals surface area contributed by atoms with Crippen LogP contribution in [0.5, 0.6) is 5.75 Å². The zero-order valence-corrected chi connectivity index (χ0v) is 11.9. The monoisotopic (exact) mass is 345 g/mol. The van der Waals surface area contributed by atoms with Crippen LogP contribution < -0.4 is 0 Å². The van der Waals surface area contributed by atoms with Crippen molar-refractivity contribution in [1.29, 1.82) is 0 Å². The van der Waals surface area contributed by atoms with Crippen LogP contribution in [0.4, 0.5) is 13.2 Å². The standard InChI is InChI=1S/C14H11BrF3NO/c1-8-9(15)5-6-11(19(8)7-13(17)18)14-10(16)3-2-4-12(14)20/h2-6,13,20H,1,7H2. The van der Waals surface area contributed by atoms with Gasteiger partial charge < -0.3 is 10.0 Å². The lowest BCUT2D eigenvalue weighted by Gasteiger charge is -2.31. The minimum Gasteiger partial charge on any atom is -0.507 e. The van der Waals surface area contributed by atoms with Crippen LogP contribution in [0.2, 0.25) is 0 Å². The van der Waals surface area contributed by atoms with Crippen molar-refractivity contribution in [2.75, 3.05) is 6.54 Å². The van der Waals surface area contributed by atoms with Crippen LogP contribution in [-0.4, -0.2) is 23.0 Å². The first-order chi connectivity index (χ1) is 9.41. The molecule has 1 aliphatic heterocycles. The third-order valence-corrected chi connectivity index (χ3v) is 3.57. The summed E-state index contributed by atoms with van der Waals surface area (Å²) in [5, 5.41) is 9.79. The smallest absolute Gasteiger partial charge is 0.256 e. The Morgan fingerprint density at radius 1 is 1.30 bits per heavy atom. The molecule has 2 nitrogen and oxygen atoms in total. The fourth-order valence-electron chi connectivity index (χ4n) is 1.94. The highest BCUT2D eigenvalue weighted by atomic mass is 79.9. The molecule has 2 rings (SSSR count). The van der Waals surface area contributed by atoms with Crippen molar-refractivity contribution in [2.24, 2.45) is 0 Å². The molecule has 0 aromatic heterocycles. The Bertz CT molecular complexity index is 590. The summed E-state index contributed by atoms with van der Waals surface area (Å²) < 4.78 is 39.8. The Morgan fingerprint density at radius 3 is 2.60 bits per heavy atom. The third kappa shape index (κ3) is 2.75. The fraction of sp³-hybridized carbons (Fsp3) is 0.143. The first-order valence-corrected chi connectivity index (χ1v) is 6.51. The van der Waals surface area contributed by atoms with E-state index in [-0.39, 0.29) is 22.7 Å². The molecule has 6 heteroatoms. The molecular weight excluding hydrogens is 335 g/mol. The highest BCUT2D eigenvalue weighted by molar-refractivity contribution is 9.12. The summed E-state index contributed by atoms with van der Waals surface area (Å²) in [6.45, 7) is 3.06. The molecule has 1 N–H and O–H groups in total. The lowest BCUT2D eigenvalue weighted by Crippen LogP contribution is -2.28. The van der Waals surface area contributed by atoms with Gasteiger partial charge in [0, 0.05) is 10.2 Å². The molecule has 0 saturated carbocycles. The van der Waals surface area contributed by atoms with Crippen molar-refractivity contribution in [2.45, 2.75) is 6.43 Å². The number of phenolic OH excluding ortho intramolecular Hbond substituents is 1. The molecule has 0 amide bonds. The van der Waals surface area contributed by atoms with Gasteiger partial charge in [0.2, 0.25) is 0 Å². The molecule has 0 fully saturated rings. The van der Waals surface area contributed by atoms with E-state index in [1.165, 1.54) is 23.1 Å². The molecule has 1 aliphatic rings. The molecule has 0 atom stereocenters. The van der Waals surface area contributed by atoms with Crippen molar-refractivity contribution in [3.05, 3.63) is 58.5 Å². The van der Waals surface area contributed by atoms with Gasteiger partial charge in [-0.1, -0.05) is 12.6 Å². The largest absolute Gasteiger partial charge is 0.507 e. The number of alkyl halides is 2. The predicted octanol–water partition coefficient (Wildman–Crippen LogP) is 4.25. The first-order valence-electron chi connectivity index (χ1n) is 5.72. The van der Waals surface area contributed by atoms with Gasteiger partial charge in [-0.25, -0.2) is 13.2 Å². The second-order valence-electron chi connectivity index (χ2n) is 4.15. The lowest BCUT2D eigenvalue weighted by molar-refractivity contribution is 0.123. The van der Waals surface area contributed by atoms with Crippen LogP contribution in [0.3, 0.4) is 0 Å². The van der Waals surface area contributed by atoms with Crippen molar-refractivity contribution >= 4 is 21.6 Å². The van der Waals surface area contributed by atoms with Crippen LogP contribution in [0.15, 0.2) is 47.1 Å². The van der Waals surface area contributed by atoms with Crippen molar-refractivity contribution in [3.8, 4) is 5.75 Å². The molecule has 20 heavy (non-hydrogen) atoms. The quantitative estimate of drug-likeness (QED) is 0.885. The van der Waals surface area contributed by atoms with E-state index in [0.29, 0.717) is 4.48 Å².